The van der Waals surface area contributed by atoms with Crippen molar-refractivity contribution >= 4 is 5.52 Å². The Hall–Kier alpha value is -1.35. The molecule has 110 valence electrons. The van der Waals surface area contributed by atoms with Crippen molar-refractivity contribution in [2.24, 2.45) is 17.8 Å². The molecule has 0 spiro atoms. The summed E-state index contributed by atoms with van der Waals surface area (Å²) in [6.45, 7) is 0. The van der Waals surface area contributed by atoms with Gasteiger partial charge in [0.15, 0.2) is 0 Å². The Morgan fingerprint density at radius 2 is 2.05 bits per heavy atom. The van der Waals surface area contributed by atoms with E-state index in [1.54, 1.807) is 0 Å². The zero-order valence-electron chi connectivity index (χ0n) is 12.3. The van der Waals surface area contributed by atoms with Crippen LogP contribution in [0.15, 0.2) is 24.7 Å². The van der Waals surface area contributed by atoms with E-state index >= 15 is 0 Å². The van der Waals surface area contributed by atoms with E-state index in [2.05, 4.69) is 21.5 Å². The van der Waals surface area contributed by atoms with Crippen molar-refractivity contribution < 1.29 is 5.11 Å². The quantitative estimate of drug-likeness (QED) is 0.932. The standard InChI is InChI=1S/C18H22N2O/c21-18(16-8-11-1-2-13(16)7-11)17-15(12-3-4-12)6-5-14-9-19-10-20(14)17/h5-6,9-13,16,18,21H,1-4,7-8H2/t11?,13?,16?,18-/m1/s1. The molecule has 0 saturated heterocycles. The molecule has 3 aliphatic carbocycles. The Labute approximate surface area is 125 Å². The van der Waals surface area contributed by atoms with Crippen LogP contribution in [0.4, 0.5) is 0 Å². The summed E-state index contributed by atoms with van der Waals surface area (Å²) in [6.07, 6.45) is 11.3. The van der Waals surface area contributed by atoms with Crippen molar-refractivity contribution in [2.45, 2.75) is 50.5 Å². The molecule has 1 N–H and O–H groups in total. The lowest BCUT2D eigenvalue weighted by molar-refractivity contribution is 0.0691. The Balaban J connectivity index is 1.61. The van der Waals surface area contributed by atoms with Crippen LogP contribution in [-0.2, 0) is 0 Å². The topological polar surface area (TPSA) is 37.5 Å². The van der Waals surface area contributed by atoms with Crippen molar-refractivity contribution in [3.05, 3.63) is 35.9 Å². The lowest BCUT2D eigenvalue weighted by Crippen LogP contribution is -2.22. The van der Waals surface area contributed by atoms with E-state index in [1.165, 1.54) is 44.1 Å². The van der Waals surface area contributed by atoms with E-state index in [9.17, 15) is 5.11 Å². The molecule has 2 aromatic heterocycles. The fourth-order valence-electron chi connectivity index (χ4n) is 4.97. The van der Waals surface area contributed by atoms with Crippen molar-refractivity contribution in [3.8, 4) is 0 Å². The first-order chi connectivity index (χ1) is 10.3. The molecular weight excluding hydrogens is 260 g/mol. The highest BCUT2D eigenvalue weighted by Crippen LogP contribution is 2.54. The maximum absolute atomic E-state index is 11.2. The smallest absolute Gasteiger partial charge is 0.0995 e. The molecule has 3 unspecified atom stereocenters. The van der Waals surface area contributed by atoms with Crippen LogP contribution in [0.1, 0.15) is 61.8 Å². The van der Waals surface area contributed by atoms with Gasteiger partial charge in [0.05, 0.1) is 29.8 Å². The number of hydrogen-bond acceptors (Lipinski definition) is 2. The first-order valence-corrected chi connectivity index (χ1v) is 8.44. The number of nitrogens with zero attached hydrogens (tertiary/aromatic N) is 2. The van der Waals surface area contributed by atoms with Gasteiger partial charge in [-0.15, -0.1) is 0 Å². The summed E-state index contributed by atoms with van der Waals surface area (Å²) in [6, 6.07) is 4.39. The molecule has 0 amide bonds. The Morgan fingerprint density at radius 1 is 1.14 bits per heavy atom. The average molecular weight is 282 g/mol. The summed E-state index contributed by atoms with van der Waals surface area (Å²) in [5.41, 5.74) is 3.62. The van der Waals surface area contributed by atoms with Crippen molar-refractivity contribution in [1.29, 1.82) is 0 Å². The largest absolute Gasteiger partial charge is 0.387 e. The second-order valence-electron chi connectivity index (χ2n) is 7.42. The van der Waals surface area contributed by atoms with E-state index in [1.807, 2.05) is 12.5 Å². The molecular formula is C18H22N2O. The van der Waals surface area contributed by atoms with Gasteiger partial charge < -0.3 is 9.51 Å². The zero-order valence-corrected chi connectivity index (χ0v) is 12.3. The molecule has 3 aliphatic rings. The van der Waals surface area contributed by atoms with Crippen molar-refractivity contribution in [2.75, 3.05) is 0 Å². The molecule has 4 atom stereocenters. The second-order valence-corrected chi connectivity index (χ2v) is 7.42. The van der Waals surface area contributed by atoms with Gasteiger partial charge in [0.2, 0.25) is 0 Å². The van der Waals surface area contributed by atoms with Crippen molar-refractivity contribution in [3.63, 3.8) is 0 Å². The third-order valence-corrected chi connectivity index (χ3v) is 6.15. The Kier molecular flexibility index (Phi) is 2.52. The average Bonchev–Trinajstić information content (AvgIpc) is 2.93. The number of fused-ring (bicyclic) bond motifs is 3. The van der Waals surface area contributed by atoms with Crippen LogP contribution >= 0.6 is 0 Å². The van der Waals surface area contributed by atoms with Gasteiger partial charge in [-0.1, -0.05) is 12.5 Å². The summed E-state index contributed by atoms with van der Waals surface area (Å²) < 4.78 is 2.14. The van der Waals surface area contributed by atoms with E-state index in [4.69, 9.17) is 0 Å². The molecule has 0 aliphatic heterocycles. The summed E-state index contributed by atoms with van der Waals surface area (Å²) in [7, 11) is 0. The monoisotopic (exact) mass is 282 g/mol. The normalized spacial score (nSPS) is 32.9. The third-order valence-electron chi connectivity index (χ3n) is 6.15. The van der Waals surface area contributed by atoms with Gasteiger partial charge in [0.1, 0.15) is 0 Å². The fourth-order valence-corrected chi connectivity index (χ4v) is 4.97. The Bertz CT molecular complexity index is 688. The minimum atomic E-state index is -0.311. The Morgan fingerprint density at radius 3 is 2.76 bits per heavy atom. The third kappa shape index (κ3) is 1.80. The van der Waals surface area contributed by atoms with Crippen LogP contribution in [0.5, 0.6) is 0 Å². The van der Waals surface area contributed by atoms with Crippen LogP contribution in [0, 0.1) is 17.8 Å². The van der Waals surface area contributed by atoms with E-state index < -0.39 is 0 Å². The van der Waals surface area contributed by atoms with Gasteiger partial charge in [-0.2, -0.15) is 0 Å². The van der Waals surface area contributed by atoms with E-state index in [0.29, 0.717) is 11.8 Å². The van der Waals surface area contributed by atoms with Crippen LogP contribution in [0.25, 0.3) is 5.52 Å². The molecule has 0 aromatic carbocycles. The molecule has 5 rings (SSSR count). The summed E-state index contributed by atoms with van der Waals surface area (Å²) in [5.74, 6) is 2.76. The summed E-state index contributed by atoms with van der Waals surface area (Å²) in [5, 5.41) is 11.2. The molecule has 2 bridgehead atoms. The van der Waals surface area contributed by atoms with Gasteiger partial charge in [-0.3, -0.25) is 0 Å². The highest BCUT2D eigenvalue weighted by Gasteiger charge is 2.44. The van der Waals surface area contributed by atoms with E-state index in [0.717, 1.165) is 23.0 Å². The number of hydrogen-bond donors (Lipinski definition) is 1. The second kappa shape index (κ2) is 4.33. The lowest BCUT2D eigenvalue weighted by atomic mass is 9.82. The molecule has 2 aromatic rings. The molecule has 21 heavy (non-hydrogen) atoms. The molecule has 2 heterocycles. The zero-order chi connectivity index (χ0) is 14.0. The predicted molar refractivity (Wildman–Crippen MR) is 81.1 cm³/mol. The predicted octanol–water partition coefficient (Wildman–Crippen LogP) is 3.68. The number of pyridine rings is 1. The number of rotatable bonds is 3. The number of imidazole rings is 1. The minimum Gasteiger partial charge on any atom is -0.387 e. The van der Waals surface area contributed by atoms with E-state index in [-0.39, 0.29) is 6.10 Å². The first-order valence-electron chi connectivity index (χ1n) is 8.44. The van der Waals surface area contributed by atoms with Gasteiger partial charge in [0, 0.05) is 0 Å². The lowest BCUT2D eigenvalue weighted by Gasteiger charge is -2.29. The van der Waals surface area contributed by atoms with Gasteiger partial charge in [0.25, 0.3) is 0 Å². The molecule has 3 heteroatoms. The van der Waals surface area contributed by atoms with Crippen LogP contribution in [-0.4, -0.2) is 14.5 Å². The summed E-state index contributed by atoms with van der Waals surface area (Å²) >= 11 is 0. The van der Waals surface area contributed by atoms with Crippen LogP contribution in [0.2, 0.25) is 0 Å². The maximum Gasteiger partial charge on any atom is 0.0995 e. The minimum absolute atomic E-state index is 0.311. The molecule has 3 fully saturated rings. The summed E-state index contributed by atoms with van der Waals surface area (Å²) in [4.78, 5) is 4.29. The van der Waals surface area contributed by atoms with Crippen LogP contribution in [0.3, 0.4) is 0 Å². The van der Waals surface area contributed by atoms with Gasteiger partial charge >= 0.3 is 0 Å². The number of aliphatic hydroxyl groups excluding tert-OH is 1. The highest BCUT2D eigenvalue weighted by molar-refractivity contribution is 5.50. The molecule has 3 saturated carbocycles. The molecule has 3 nitrogen and oxygen atoms in total. The van der Waals surface area contributed by atoms with Gasteiger partial charge in [-0.05, 0) is 67.4 Å². The van der Waals surface area contributed by atoms with Crippen LogP contribution < -0.4 is 0 Å². The van der Waals surface area contributed by atoms with Crippen molar-refractivity contribution in [1.82, 2.24) is 9.38 Å². The maximum atomic E-state index is 11.2. The molecule has 0 radical (unpaired) electrons. The van der Waals surface area contributed by atoms with Gasteiger partial charge in [-0.25, -0.2) is 4.98 Å². The number of aromatic nitrogens is 2. The highest BCUT2D eigenvalue weighted by atomic mass is 16.3. The SMILES string of the molecule is O[C@@H](c1c(C2CC2)ccc2cncn12)C1CC2CCC1C2. The first kappa shape index (κ1) is 12.2. The fraction of sp³-hybridized carbons (Fsp3) is 0.611. The number of aliphatic hydroxyl groups is 1.